The Balaban J connectivity index is 1.55. The zero-order chi connectivity index (χ0) is 24.5. The average molecular weight is 484 g/mol. The van der Waals surface area contributed by atoms with Crippen molar-refractivity contribution in [2.24, 2.45) is 0 Å². The van der Waals surface area contributed by atoms with Gasteiger partial charge in [0.25, 0.3) is 11.7 Å². The van der Waals surface area contributed by atoms with Gasteiger partial charge >= 0.3 is 5.97 Å². The van der Waals surface area contributed by atoms with Gasteiger partial charge < -0.3 is 14.4 Å². The van der Waals surface area contributed by atoms with E-state index < -0.39 is 17.4 Å². The zero-order valence-corrected chi connectivity index (χ0v) is 20.2. The van der Waals surface area contributed by atoms with Crippen LogP contribution in [0.5, 0.6) is 5.75 Å². The molecule has 0 saturated carbocycles. The highest BCUT2D eigenvalue weighted by atomic mass is 32.1. The van der Waals surface area contributed by atoms with E-state index in [2.05, 4.69) is 4.74 Å². The molecule has 178 valence electrons. The molecule has 0 atom stereocenters. The molecule has 4 rings (SSSR count). The second kappa shape index (κ2) is 9.54. The first kappa shape index (κ1) is 23.9. The lowest BCUT2D eigenvalue weighted by atomic mass is 9.86. The number of hydrogen-bond donors (Lipinski definition) is 0. The van der Waals surface area contributed by atoms with Crippen molar-refractivity contribution >= 4 is 39.8 Å². The fraction of sp³-hybridized carbons (Fsp3) is 0.346. The lowest BCUT2D eigenvalue weighted by Crippen LogP contribution is -2.45. The maximum atomic E-state index is 15.5. The average Bonchev–Trinajstić information content (AvgIpc) is 3.26. The number of alkyl halides is 1. The first-order valence-electron chi connectivity index (χ1n) is 11.0. The van der Waals surface area contributed by atoms with Crippen molar-refractivity contribution in [2.75, 3.05) is 27.3 Å². The molecule has 1 aliphatic rings. The fourth-order valence-electron chi connectivity index (χ4n) is 4.30. The van der Waals surface area contributed by atoms with Crippen molar-refractivity contribution in [1.82, 2.24) is 4.90 Å². The Labute approximate surface area is 201 Å². The number of ketones is 1. The van der Waals surface area contributed by atoms with Gasteiger partial charge in [-0.05, 0) is 48.2 Å². The summed E-state index contributed by atoms with van der Waals surface area (Å²) in [5, 5.41) is 2.90. The maximum absolute atomic E-state index is 15.5. The summed E-state index contributed by atoms with van der Waals surface area (Å²) in [7, 11) is 2.61. The van der Waals surface area contributed by atoms with Crippen LogP contribution in [0.4, 0.5) is 4.39 Å². The minimum Gasteiger partial charge on any atom is -0.496 e. The van der Waals surface area contributed by atoms with Crippen LogP contribution in [0.3, 0.4) is 0 Å². The topological polar surface area (TPSA) is 72.9 Å². The largest absolute Gasteiger partial charge is 0.496 e. The second-order valence-electron chi connectivity index (χ2n) is 8.63. The van der Waals surface area contributed by atoms with Gasteiger partial charge in [-0.1, -0.05) is 29.8 Å². The maximum Gasteiger partial charge on any atom is 0.380 e. The van der Waals surface area contributed by atoms with Crippen molar-refractivity contribution in [3.05, 3.63) is 63.3 Å². The Morgan fingerprint density at radius 2 is 1.76 bits per heavy atom. The summed E-state index contributed by atoms with van der Waals surface area (Å²) in [6.45, 7) is 2.55. The summed E-state index contributed by atoms with van der Waals surface area (Å²) >= 11 is 1.11. The van der Waals surface area contributed by atoms with Gasteiger partial charge in [0.15, 0.2) is 0 Å². The van der Waals surface area contributed by atoms with E-state index in [9.17, 15) is 14.4 Å². The molecule has 1 aliphatic heterocycles. The van der Waals surface area contributed by atoms with Gasteiger partial charge in [-0.3, -0.25) is 9.59 Å². The smallest absolute Gasteiger partial charge is 0.380 e. The summed E-state index contributed by atoms with van der Waals surface area (Å²) in [5.41, 5.74) is 0.982. The molecule has 1 saturated heterocycles. The van der Waals surface area contributed by atoms with Crippen LogP contribution in [0.1, 0.15) is 44.0 Å². The number of Topliss-reactive ketones (excluding diaryl/α,β-unsaturated/α-hetero) is 1. The van der Waals surface area contributed by atoms with E-state index in [0.717, 1.165) is 29.6 Å². The zero-order valence-electron chi connectivity index (χ0n) is 19.4. The molecule has 2 aromatic carbocycles. The van der Waals surface area contributed by atoms with Crippen LogP contribution in [-0.2, 0) is 16.0 Å². The monoisotopic (exact) mass is 483 g/mol. The predicted molar refractivity (Wildman–Crippen MR) is 129 cm³/mol. The first-order valence-corrected chi connectivity index (χ1v) is 11.9. The van der Waals surface area contributed by atoms with Gasteiger partial charge in [-0.25, -0.2) is 9.18 Å². The standard InChI is InChI=1S/C26H26FNO5S/c1-16-4-6-17(7-5-16)14-26(27)8-10-28(11-9-26)24(30)20-13-19-18(12-21(20)32-2)15-34-23(19)22(29)25(31)33-3/h4-7,12-13,15H,8-11,14H2,1-3H3. The number of likely N-dealkylation sites (tertiary alicyclic amines) is 1. The van der Waals surface area contributed by atoms with E-state index in [1.54, 1.807) is 22.4 Å². The van der Waals surface area contributed by atoms with Crippen molar-refractivity contribution in [3.63, 3.8) is 0 Å². The van der Waals surface area contributed by atoms with Gasteiger partial charge in [0, 0.05) is 24.9 Å². The Morgan fingerprint density at radius 3 is 2.38 bits per heavy atom. The van der Waals surface area contributed by atoms with Gasteiger partial charge in [0.1, 0.15) is 11.4 Å². The Morgan fingerprint density at radius 1 is 1.09 bits per heavy atom. The molecular formula is C26H26FNO5S. The van der Waals surface area contributed by atoms with E-state index in [4.69, 9.17) is 4.74 Å². The lowest BCUT2D eigenvalue weighted by Gasteiger charge is -2.36. The molecule has 0 radical (unpaired) electrons. The lowest BCUT2D eigenvalue weighted by molar-refractivity contribution is -0.135. The van der Waals surface area contributed by atoms with E-state index in [-0.39, 0.29) is 42.3 Å². The summed E-state index contributed by atoms with van der Waals surface area (Å²) in [6, 6.07) is 11.1. The molecule has 34 heavy (non-hydrogen) atoms. The molecule has 0 aliphatic carbocycles. The Bertz CT molecular complexity index is 1240. The van der Waals surface area contributed by atoms with E-state index >= 15 is 4.39 Å². The molecule has 1 amide bonds. The van der Waals surface area contributed by atoms with Crippen LogP contribution >= 0.6 is 11.3 Å². The number of piperidine rings is 1. The van der Waals surface area contributed by atoms with Crippen LogP contribution < -0.4 is 4.74 Å². The third kappa shape index (κ3) is 4.68. The number of carbonyl (C=O) groups excluding carboxylic acids is 3. The van der Waals surface area contributed by atoms with Crippen molar-refractivity contribution in [1.29, 1.82) is 0 Å². The summed E-state index contributed by atoms with van der Waals surface area (Å²) in [5.74, 6) is -1.65. The van der Waals surface area contributed by atoms with Gasteiger partial charge in [0.05, 0.1) is 24.7 Å². The second-order valence-corrected chi connectivity index (χ2v) is 9.51. The number of fused-ring (bicyclic) bond motifs is 1. The van der Waals surface area contributed by atoms with Crippen LogP contribution in [0, 0.1) is 6.92 Å². The highest BCUT2D eigenvalue weighted by molar-refractivity contribution is 7.14. The molecule has 0 spiro atoms. The fourth-order valence-corrected chi connectivity index (χ4v) is 5.24. The minimum atomic E-state index is -1.37. The molecule has 2 heterocycles. The number of carbonyl (C=O) groups is 3. The molecule has 0 bridgehead atoms. The summed E-state index contributed by atoms with van der Waals surface area (Å²) in [6.07, 6.45) is 0.794. The number of esters is 1. The number of ether oxygens (including phenoxy) is 2. The van der Waals surface area contributed by atoms with Gasteiger partial charge in [0.2, 0.25) is 0 Å². The molecule has 3 aromatic rings. The highest BCUT2D eigenvalue weighted by Crippen LogP contribution is 2.35. The first-order chi connectivity index (χ1) is 16.2. The molecule has 0 unspecified atom stereocenters. The molecule has 6 nitrogen and oxygen atoms in total. The number of methoxy groups -OCH3 is 2. The molecule has 1 aromatic heterocycles. The number of thiophene rings is 1. The normalized spacial score (nSPS) is 15.2. The molecule has 1 fully saturated rings. The van der Waals surface area contributed by atoms with Gasteiger partial charge in [-0.2, -0.15) is 0 Å². The SMILES string of the molecule is COC(=O)C(=O)c1scc2cc(OC)c(C(=O)N3CCC(F)(Cc4ccc(C)cc4)CC3)cc12. The van der Waals surface area contributed by atoms with E-state index in [1.165, 1.54) is 7.11 Å². The van der Waals surface area contributed by atoms with Crippen molar-refractivity contribution in [2.45, 2.75) is 31.9 Å². The number of benzene rings is 2. The predicted octanol–water partition coefficient (Wildman–Crippen LogP) is 4.76. The van der Waals surface area contributed by atoms with Crippen molar-refractivity contribution in [3.8, 4) is 5.75 Å². The quantitative estimate of drug-likeness (QED) is 0.287. The highest BCUT2D eigenvalue weighted by Gasteiger charge is 2.37. The third-order valence-electron chi connectivity index (χ3n) is 6.32. The molecular weight excluding hydrogens is 457 g/mol. The molecule has 0 N–H and O–H groups in total. The van der Waals surface area contributed by atoms with Crippen molar-refractivity contribution < 1.29 is 28.2 Å². The summed E-state index contributed by atoms with van der Waals surface area (Å²) < 4.78 is 25.5. The Kier molecular flexibility index (Phi) is 6.70. The van der Waals surface area contributed by atoms with E-state index in [0.29, 0.717) is 22.9 Å². The van der Waals surface area contributed by atoms with Crippen LogP contribution in [0.2, 0.25) is 0 Å². The number of nitrogens with zero attached hydrogens (tertiary/aromatic N) is 1. The number of aryl methyl sites for hydroxylation is 1. The Hall–Kier alpha value is -3.26. The number of halogens is 1. The summed E-state index contributed by atoms with van der Waals surface area (Å²) in [4.78, 5) is 39.3. The minimum absolute atomic E-state index is 0.207. The third-order valence-corrected chi connectivity index (χ3v) is 7.33. The van der Waals surface area contributed by atoms with E-state index in [1.807, 2.05) is 31.2 Å². The van der Waals surface area contributed by atoms with Crippen LogP contribution in [0.15, 0.2) is 41.8 Å². The number of hydrogen-bond acceptors (Lipinski definition) is 6. The van der Waals surface area contributed by atoms with Crippen LogP contribution in [-0.4, -0.2) is 55.5 Å². The number of amides is 1. The van der Waals surface area contributed by atoms with Crippen LogP contribution in [0.25, 0.3) is 10.8 Å². The number of rotatable bonds is 6. The molecule has 8 heteroatoms. The van der Waals surface area contributed by atoms with Gasteiger partial charge in [-0.15, -0.1) is 11.3 Å².